The van der Waals surface area contributed by atoms with E-state index in [-0.39, 0.29) is 12.2 Å². The zero-order valence-electron chi connectivity index (χ0n) is 9.80. The topological polar surface area (TPSA) is 38.3 Å². The number of hydrogen-bond acceptors (Lipinski definition) is 2. The zero-order chi connectivity index (χ0) is 11.0. The average Bonchev–Trinajstić information content (AvgIpc) is 2.01. The molecule has 3 heteroatoms. The van der Waals surface area contributed by atoms with Crippen LogP contribution in [-0.4, -0.2) is 18.7 Å². The minimum Gasteiger partial charge on any atom is -0.447 e. The molecule has 0 aliphatic rings. The molecular formula is C11H23NO2. The van der Waals surface area contributed by atoms with E-state index in [4.69, 9.17) is 4.74 Å². The Labute approximate surface area is 87.2 Å². The number of nitrogens with one attached hydrogen (secondary N) is 1. The van der Waals surface area contributed by atoms with E-state index in [0.717, 1.165) is 18.9 Å². The highest BCUT2D eigenvalue weighted by Crippen LogP contribution is 2.05. The number of ether oxygens (including phenoxy) is 1. The lowest BCUT2D eigenvalue weighted by Crippen LogP contribution is -2.27. The fourth-order valence-electron chi connectivity index (χ4n) is 1.12. The van der Waals surface area contributed by atoms with Gasteiger partial charge in [-0.3, -0.25) is 0 Å². The van der Waals surface area contributed by atoms with E-state index in [1.165, 1.54) is 12.8 Å². The van der Waals surface area contributed by atoms with Crippen molar-refractivity contribution in [1.82, 2.24) is 5.32 Å². The summed E-state index contributed by atoms with van der Waals surface area (Å²) in [5.41, 5.74) is 0. The fourth-order valence-corrected chi connectivity index (χ4v) is 1.12. The van der Waals surface area contributed by atoms with Crippen molar-refractivity contribution in [3.63, 3.8) is 0 Å². The van der Waals surface area contributed by atoms with Crippen molar-refractivity contribution >= 4 is 6.09 Å². The van der Waals surface area contributed by atoms with Gasteiger partial charge in [0.1, 0.15) is 0 Å². The van der Waals surface area contributed by atoms with Gasteiger partial charge < -0.3 is 10.1 Å². The van der Waals surface area contributed by atoms with Crippen LogP contribution in [0, 0.1) is 5.92 Å². The van der Waals surface area contributed by atoms with Crippen LogP contribution in [0.4, 0.5) is 4.79 Å². The van der Waals surface area contributed by atoms with Gasteiger partial charge in [0.05, 0.1) is 6.10 Å². The summed E-state index contributed by atoms with van der Waals surface area (Å²) >= 11 is 0. The molecule has 84 valence electrons. The summed E-state index contributed by atoms with van der Waals surface area (Å²) in [4.78, 5) is 11.0. The van der Waals surface area contributed by atoms with Crippen molar-refractivity contribution in [3.05, 3.63) is 0 Å². The maximum Gasteiger partial charge on any atom is 0.407 e. The Bertz CT molecular complexity index is 155. The molecule has 0 spiro atoms. The largest absolute Gasteiger partial charge is 0.447 e. The van der Waals surface area contributed by atoms with Gasteiger partial charge in [-0.25, -0.2) is 4.79 Å². The highest BCUT2D eigenvalue weighted by Gasteiger charge is 2.02. The molecule has 0 unspecified atom stereocenters. The first-order chi connectivity index (χ1) is 6.52. The lowest BCUT2D eigenvalue weighted by molar-refractivity contribution is 0.115. The van der Waals surface area contributed by atoms with Crippen LogP contribution < -0.4 is 5.32 Å². The van der Waals surface area contributed by atoms with Crippen LogP contribution in [0.1, 0.15) is 47.0 Å². The van der Waals surface area contributed by atoms with Gasteiger partial charge in [0.15, 0.2) is 0 Å². The molecule has 0 saturated heterocycles. The van der Waals surface area contributed by atoms with Gasteiger partial charge in [-0.1, -0.05) is 26.7 Å². The Hall–Kier alpha value is -0.730. The van der Waals surface area contributed by atoms with Gasteiger partial charge in [0.25, 0.3) is 0 Å². The first-order valence-corrected chi connectivity index (χ1v) is 5.47. The molecule has 0 bridgehead atoms. The van der Waals surface area contributed by atoms with E-state index in [9.17, 15) is 4.79 Å². The van der Waals surface area contributed by atoms with Crippen LogP contribution in [0.15, 0.2) is 0 Å². The number of amides is 1. The molecule has 1 N–H and O–H groups in total. The van der Waals surface area contributed by atoms with Gasteiger partial charge in [-0.2, -0.15) is 0 Å². The van der Waals surface area contributed by atoms with E-state index < -0.39 is 0 Å². The highest BCUT2D eigenvalue weighted by atomic mass is 16.6. The third-order valence-electron chi connectivity index (χ3n) is 1.82. The molecule has 0 aromatic heterocycles. The molecule has 0 saturated carbocycles. The predicted octanol–water partition coefficient (Wildman–Crippen LogP) is 2.95. The van der Waals surface area contributed by atoms with Crippen LogP contribution in [0.25, 0.3) is 0 Å². The van der Waals surface area contributed by atoms with E-state index in [0.29, 0.717) is 0 Å². The van der Waals surface area contributed by atoms with E-state index >= 15 is 0 Å². The van der Waals surface area contributed by atoms with Gasteiger partial charge in [-0.05, 0) is 26.2 Å². The summed E-state index contributed by atoms with van der Waals surface area (Å²) in [6.07, 6.45) is 3.08. The van der Waals surface area contributed by atoms with Gasteiger partial charge in [0, 0.05) is 6.54 Å². The number of rotatable bonds is 6. The normalized spacial score (nSPS) is 10.7. The second kappa shape index (κ2) is 7.65. The summed E-state index contributed by atoms with van der Waals surface area (Å²) in [6.45, 7) is 8.83. The second-order valence-electron chi connectivity index (χ2n) is 4.27. The van der Waals surface area contributed by atoms with Crippen molar-refractivity contribution in [2.75, 3.05) is 6.54 Å². The van der Waals surface area contributed by atoms with Crippen molar-refractivity contribution in [3.8, 4) is 0 Å². The Kier molecular flexibility index (Phi) is 7.25. The number of unbranched alkanes of at least 4 members (excludes halogenated alkanes) is 1. The third kappa shape index (κ3) is 9.36. The highest BCUT2D eigenvalue weighted by molar-refractivity contribution is 5.67. The van der Waals surface area contributed by atoms with Crippen LogP contribution in [0.3, 0.4) is 0 Å². The summed E-state index contributed by atoms with van der Waals surface area (Å²) in [7, 11) is 0. The maximum atomic E-state index is 11.0. The maximum absolute atomic E-state index is 11.0. The zero-order valence-corrected chi connectivity index (χ0v) is 9.80. The van der Waals surface area contributed by atoms with Crippen molar-refractivity contribution in [2.24, 2.45) is 5.92 Å². The molecule has 0 rings (SSSR count). The second-order valence-corrected chi connectivity index (χ2v) is 4.27. The van der Waals surface area contributed by atoms with Crippen molar-refractivity contribution in [1.29, 1.82) is 0 Å². The quantitative estimate of drug-likeness (QED) is 0.671. The molecular weight excluding hydrogens is 178 g/mol. The summed E-state index contributed by atoms with van der Waals surface area (Å²) < 4.78 is 4.93. The molecule has 0 aromatic rings. The third-order valence-corrected chi connectivity index (χ3v) is 1.82. The fraction of sp³-hybridized carbons (Fsp3) is 0.909. The Morgan fingerprint density at radius 1 is 1.21 bits per heavy atom. The Balaban J connectivity index is 3.23. The molecule has 0 radical (unpaired) electrons. The van der Waals surface area contributed by atoms with Crippen LogP contribution in [0.2, 0.25) is 0 Å². The average molecular weight is 201 g/mol. The van der Waals surface area contributed by atoms with Gasteiger partial charge in [0.2, 0.25) is 0 Å². The number of alkyl carbamates (subject to hydrolysis) is 1. The molecule has 0 atom stereocenters. The minimum atomic E-state index is -0.301. The summed E-state index contributed by atoms with van der Waals surface area (Å²) in [5.74, 6) is 0.748. The molecule has 1 amide bonds. The smallest absolute Gasteiger partial charge is 0.407 e. The lowest BCUT2D eigenvalue weighted by Gasteiger charge is -2.09. The molecule has 0 heterocycles. The summed E-state index contributed by atoms with van der Waals surface area (Å²) in [6, 6.07) is 0. The molecule has 0 aromatic carbocycles. The number of carbonyl (C=O) groups is 1. The Morgan fingerprint density at radius 3 is 2.36 bits per heavy atom. The minimum absolute atomic E-state index is 0.0364. The molecule has 0 fully saturated rings. The van der Waals surface area contributed by atoms with E-state index in [1.807, 2.05) is 13.8 Å². The van der Waals surface area contributed by atoms with Crippen molar-refractivity contribution in [2.45, 2.75) is 53.1 Å². The lowest BCUT2D eigenvalue weighted by atomic mass is 10.1. The molecule has 14 heavy (non-hydrogen) atoms. The van der Waals surface area contributed by atoms with Crippen molar-refractivity contribution < 1.29 is 9.53 Å². The SMILES string of the molecule is CC(C)CCCCNC(=O)OC(C)C. The van der Waals surface area contributed by atoms with Crippen LogP contribution >= 0.6 is 0 Å². The van der Waals surface area contributed by atoms with E-state index in [1.54, 1.807) is 0 Å². The predicted molar refractivity (Wildman–Crippen MR) is 58.3 cm³/mol. The van der Waals surface area contributed by atoms with Gasteiger partial charge in [-0.15, -0.1) is 0 Å². The van der Waals surface area contributed by atoms with E-state index in [2.05, 4.69) is 19.2 Å². The van der Waals surface area contributed by atoms with Crippen LogP contribution in [0.5, 0.6) is 0 Å². The van der Waals surface area contributed by atoms with Gasteiger partial charge >= 0.3 is 6.09 Å². The Morgan fingerprint density at radius 2 is 1.86 bits per heavy atom. The standard InChI is InChI=1S/C11H23NO2/c1-9(2)7-5-6-8-12-11(13)14-10(3)4/h9-10H,5-8H2,1-4H3,(H,12,13). The molecule has 3 nitrogen and oxygen atoms in total. The first kappa shape index (κ1) is 13.3. The monoisotopic (exact) mass is 201 g/mol. The van der Waals surface area contributed by atoms with Crippen LogP contribution in [-0.2, 0) is 4.74 Å². The number of carbonyl (C=O) groups excluding carboxylic acids is 1. The molecule has 0 aliphatic carbocycles. The first-order valence-electron chi connectivity index (χ1n) is 5.47. The number of hydrogen-bond donors (Lipinski definition) is 1. The molecule has 0 aliphatic heterocycles. The summed E-state index contributed by atoms with van der Waals surface area (Å²) in [5, 5.41) is 2.73.